The maximum Gasteiger partial charge on any atom is 0.234 e. The molecular formula is C10H18N2O2. The highest BCUT2D eigenvalue weighted by atomic mass is 16.2. The number of carbonyl (C=O) groups is 2. The van der Waals surface area contributed by atoms with Crippen molar-refractivity contribution < 1.29 is 9.59 Å². The fraction of sp³-hybridized carbons (Fsp3) is 0.800. The molecule has 4 nitrogen and oxygen atoms in total. The summed E-state index contributed by atoms with van der Waals surface area (Å²) in [6.45, 7) is 5.03. The van der Waals surface area contributed by atoms with Crippen LogP contribution < -0.4 is 0 Å². The molecule has 0 radical (unpaired) electrons. The number of carbonyl (C=O) groups excluding carboxylic acids is 2. The molecule has 0 N–H and O–H groups in total. The number of nitrogens with zero attached hydrogens (tertiary/aromatic N) is 2. The van der Waals surface area contributed by atoms with Gasteiger partial charge in [-0.05, 0) is 19.8 Å². The molecule has 1 aliphatic heterocycles. The molecule has 14 heavy (non-hydrogen) atoms. The van der Waals surface area contributed by atoms with Crippen LogP contribution in [-0.4, -0.2) is 41.3 Å². The van der Waals surface area contributed by atoms with Crippen molar-refractivity contribution in [1.82, 2.24) is 10.0 Å². The molecule has 1 amide bonds. The SMILES string of the molecule is CC(=O)N([C@@H](C)C=O)N1CCCCC1. The number of amides is 1. The van der Waals surface area contributed by atoms with E-state index >= 15 is 0 Å². The third-order valence-electron chi connectivity index (χ3n) is 2.54. The molecule has 1 saturated heterocycles. The summed E-state index contributed by atoms with van der Waals surface area (Å²) in [4.78, 5) is 22.0. The first-order valence-corrected chi connectivity index (χ1v) is 5.16. The van der Waals surface area contributed by atoms with Crippen molar-refractivity contribution in [3.63, 3.8) is 0 Å². The first-order valence-electron chi connectivity index (χ1n) is 5.16. The van der Waals surface area contributed by atoms with E-state index in [0.717, 1.165) is 32.2 Å². The van der Waals surface area contributed by atoms with E-state index in [2.05, 4.69) is 0 Å². The van der Waals surface area contributed by atoms with Crippen LogP contribution in [0.25, 0.3) is 0 Å². The molecule has 0 bridgehead atoms. The molecular weight excluding hydrogens is 180 g/mol. The Kier molecular flexibility index (Phi) is 4.07. The molecule has 0 unspecified atom stereocenters. The lowest BCUT2D eigenvalue weighted by Crippen LogP contribution is -2.52. The standard InChI is InChI=1S/C10H18N2O2/c1-9(8-13)12(10(2)14)11-6-4-3-5-7-11/h8-9H,3-7H2,1-2H3/t9-/m0/s1. The highest BCUT2D eigenvalue weighted by molar-refractivity contribution is 5.76. The number of piperidine rings is 1. The largest absolute Gasteiger partial charge is 0.301 e. The van der Waals surface area contributed by atoms with E-state index in [9.17, 15) is 9.59 Å². The average Bonchev–Trinajstić information content (AvgIpc) is 2.19. The van der Waals surface area contributed by atoms with E-state index in [-0.39, 0.29) is 11.9 Å². The van der Waals surface area contributed by atoms with Gasteiger partial charge in [-0.25, -0.2) is 5.01 Å². The highest BCUT2D eigenvalue weighted by Gasteiger charge is 2.24. The molecule has 0 aromatic rings. The molecule has 0 aliphatic carbocycles. The Labute approximate surface area is 84.8 Å². The van der Waals surface area contributed by atoms with Crippen LogP contribution in [0.1, 0.15) is 33.1 Å². The lowest BCUT2D eigenvalue weighted by molar-refractivity contribution is -0.156. The molecule has 1 heterocycles. The van der Waals surface area contributed by atoms with Gasteiger partial charge < -0.3 is 4.79 Å². The molecule has 80 valence electrons. The lowest BCUT2D eigenvalue weighted by Gasteiger charge is -2.38. The Morgan fingerprint density at radius 3 is 2.36 bits per heavy atom. The van der Waals surface area contributed by atoms with Crippen LogP contribution in [0.3, 0.4) is 0 Å². The molecule has 1 rings (SSSR count). The van der Waals surface area contributed by atoms with Crippen molar-refractivity contribution in [2.24, 2.45) is 0 Å². The van der Waals surface area contributed by atoms with Crippen LogP contribution in [0.4, 0.5) is 0 Å². The molecule has 1 fully saturated rings. The maximum atomic E-state index is 11.4. The Hall–Kier alpha value is -0.900. The zero-order chi connectivity index (χ0) is 10.6. The van der Waals surface area contributed by atoms with Gasteiger partial charge in [0.15, 0.2) is 0 Å². The lowest BCUT2D eigenvalue weighted by atomic mass is 10.1. The van der Waals surface area contributed by atoms with Crippen LogP contribution in [0.2, 0.25) is 0 Å². The van der Waals surface area contributed by atoms with Crippen LogP contribution in [0, 0.1) is 0 Å². The van der Waals surface area contributed by atoms with E-state index in [1.54, 1.807) is 11.9 Å². The fourth-order valence-corrected chi connectivity index (χ4v) is 1.89. The quantitative estimate of drug-likeness (QED) is 0.630. The van der Waals surface area contributed by atoms with Crippen LogP contribution in [-0.2, 0) is 9.59 Å². The van der Waals surface area contributed by atoms with Crippen LogP contribution in [0.5, 0.6) is 0 Å². The summed E-state index contributed by atoms with van der Waals surface area (Å²) in [5.74, 6) is -0.0495. The minimum Gasteiger partial charge on any atom is -0.301 e. The van der Waals surface area contributed by atoms with E-state index < -0.39 is 0 Å². The van der Waals surface area contributed by atoms with Gasteiger partial charge in [0.1, 0.15) is 12.3 Å². The number of hydrazine groups is 1. The fourth-order valence-electron chi connectivity index (χ4n) is 1.89. The van der Waals surface area contributed by atoms with Crippen molar-refractivity contribution in [2.75, 3.05) is 13.1 Å². The van der Waals surface area contributed by atoms with Crippen molar-refractivity contribution >= 4 is 12.2 Å². The predicted octanol–water partition coefficient (Wildman–Crippen LogP) is 0.823. The van der Waals surface area contributed by atoms with Crippen molar-refractivity contribution in [3.05, 3.63) is 0 Å². The average molecular weight is 198 g/mol. The van der Waals surface area contributed by atoms with Gasteiger partial charge in [-0.3, -0.25) is 9.80 Å². The smallest absolute Gasteiger partial charge is 0.234 e. The molecule has 0 aromatic heterocycles. The second kappa shape index (κ2) is 5.10. The van der Waals surface area contributed by atoms with Gasteiger partial charge in [0.2, 0.25) is 5.91 Å². The highest BCUT2D eigenvalue weighted by Crippen LogP contribution is 2.13. The Balaban J connectivity index is 2.65. The summed E-state index contributed by atoms with van der Waals surface area (Å²) in [5.41, 5.74) is 0. The van der Waals surface area contributed by atoms with Gasteiger partial charge >= 0.3 is 0 Å². The van der Waals surface area contributed by atoms with Crippen molar-refractivity contribution in [1.29, 1.82) is 0 Å². The van der Waals surface area contributed by atoms with Crippen molar-refractivity contribution in [2.45, 2.75) is 39.2 Å². The van der Waals surface area contributed by atoms with Gasteiger partial charge in [0.25, 0.3) is 0 Å². The number of hydrogen-bond acceptors (Lipinski definition) is 3. The van der Waals surface area contributed by atoms with E-state index in [4.69, 9.17) is 0 Å². The maximum absolute atomic E-state index is 11.4. The van der Waals surface area contributed by atoms with E-state index in [1.165, 1.54) is 13.3 Å². The zero-order valence-corrected chi connectivity index (χ0v) is 8.90. The Morgan fingerprint density at radius 1 is 1.36 bits per heavy atom. The molecule has 0 spiro atoms. The Bertz CT molecular complexity index is 212. The van der Waals surface area contributed by atoms with Crippen LogP contribution in [0.15, 0.2) is 0 Å². The molecule has 0 aromatic carbocycles. The van der Waals surface area contributed by atoms with Gasteiger partial charge in [-0.2, -0.15) is 0 Å². The molecule has 1 atom stereocenters. The van der Waals surface area contributed by atoms with Gasteiger partial charge in [-0.1, -0.05) is 6.42 Å². The monoisotopic (exact) mass is 198 g/mol. The topological polar surface area (TPSA) is 40.6 Å². The molecule has 1 aliphatic rings. The number of aldehydes is 1. The zero-order valence-electron chi connectivity index (χ0n) is 8.90. The summed E-state index contributed by atoms with van der Waals surface area (Å²) in [5, 5.41) is 3.57. The Morgan fingerprint density at radius 2 is 1.93 bits per heavy atom. The number of rotatable bonds is 3. The first-order chi connectivity index (χ1) is 6.66. The minimum atomic E-state index is -0.342. The summed E-state index contributed by atoms with van der Waals surface area (Å²) in [7, 11) is 0. The minimum absolute atomic E-state index is 0.0495. The molecule has 0 saturated carbocycles. The third kappa shape index (κ3) is 2.54. The van der Waals surface area contributed by atoms with E-state index in [0.29, 0.717) is 0 Å². The van der Waals surface area contributed by atoms with E-state index in [1.807, 2.05) is 5.01 Å². The van der Waals surface area contributed by atoms with Gasteiger partial charge in [-0.15, -0.1) is 0 Å². The van der Waals surface area contributed by atoms with Gasteiger partial charge in [0.05, 0.1) is 0 Å². The summed E-state index contributed by atoms with van der Waals surface area (Å²) in [6.07, 6.45) is 4.25. The summed E-state index contributed by atoms with van der Waals surface area (Å²) >= 11 is 0. The first kappa shape index (κ1) is 11.2. The third-order valence-corrected chi connectivity index (χ3v) is 2.54. The summed E-state index contributed by atoms with van der Waals surface area (Å²) in [6, 6.07) is -0.342. The number of hydrogen-bond donors (Lipinski definition) is 0. The summed E-state index contributed by atoms with van der Waals surface area (Å²) < 4.78 is 0. The van der Waals surface area contributed by atoms with Gasteiger partial charge in [0, 0.05) is 20.0 Å². The predicted molar refractivity (Wildman–Crippen MR) is 53.5 cm³/mol. The second-order valence-electron chi connectivity index (χ2n) is 3.75. The van der Waals surface area contributed by atoms with Crippen LogP contribution >= 0.6 is 0 Å². The van der Waals surface area contributed by atoms with Crippen molar-refractivity contribution in [3.8, 4) is 0 Å². The second-order valence-corrected chi connectivity index (χ2v) is 3.75. The normalized spacial score (nSPS) is 20.1. The molecule has 4 heteroatoms.